The molecule has 152 valence electrons. The molecule has 0 aliphatic rings. The Morgan fingerprint density at radius 1 is 1.14 bits per heavy atom. The number of carbonyl (C=O) groups excluding carboxylic acids is 1. The van der Waals surface area contributed by atoms with E-state index in [2.05, 4.69) is 10.0 Å². The molecule has 6 nitrogen and oxygen atoms in total. The molecule has 0 saturated carbocycles. The standard InChI is InChI=1S/C18H19F3N2O4S/c1-3-27-15-9-7-14(8-10-15)22-17(24)12(2)23-28(25,26)16-6-4-5-13(11-16)18(19,20)21/h4-12,23H,3H2,1-2H3,(H,22,24). The molecule has 0 bridgehead atoms. The zero-order valence-electron chi connectivity index (χ0n) is 15.1. The summed E-state index contributed by atoms with van der Waals surface area (Å²) in [6, 6.07) is 8.50. The van der Waals surface area contributed by atoms with E-state index in [1.54, 1.807) is 24.3 Å². The van der Waals surface area contributed by atoms with Gasteiger partial charge in [-0.2, -0.15) is 17.9 Å². The van der Waals surface area contributed by atoms with Crippen LogP contribution in [0.15, 0.2) is 53.4 Å². The molecule has 0 fully saturated rings. The van der Waals surface area contributed by atoms with E-state index in [0.717, 1.165) is 18.2 Å². The number of hydrogen-bond donors (Lipinski definition) is 2. The molecule has 10 heteroatoms. The van der Waals surface area contributed by atoms with Crippen LogP contribution in [0.4, 0.5) is 18.9 Å². The summed E-state index contributed by atoms with van der Waals surface area (Å²) in [5.41, 5.74) is -0.680. The monoisotopic (exact) mass is 416 g/mol. The van der Waals surface area contributed by atoms with Crippen LogP contribution in [-0.4, -0.2) is 27.0 Å². The van der Waals surface area contributed by atoms with Crippen molar-refractivity contribution in [2.45, 2.75) is 31.0 Å². The third kappa shape index (κ3) is 5.70. The maximum atomic E-state index is 12.8. The highest BCUT2D eigenvalue weighted by Crippen LogP contribution is 2.30. The maximum Gasteiger partial charge on any atom is 0.416 e. The number of amides is 1. The second kappa shape index (κ2) is 8.61. The van der Waals surface area contributed by atoms with Crippen LogP contribution in [0.3, 0.4) is 0 Å². The van der Waals surface area contributed by atoms with Crippen molar-refractivity contribution in [3.8, 4) is 5.75 Å². The van der Waals surface area contributed by atoms with E-state index >= 15 is 0 Å². The number of hydrogen-bond acceptors (Lipinski definition) is 4. The molecule has 1 unspecified atom stereocenters. The number of alkyl halides is 3. The average molecular weight is 416 g/mol. The van der Waals surface area contributed by atoms with Crippen LogP contribution < -0.4 is 14.8 Å². The molecule has 1 amide bonds. The van der Waals surface area contributed by atoms with E-state index in [1.807, 2.05) is 6.92 Å². The average Bonchev–Trinajstić information content (AvgIpc) is 2.62. The quantitative estimate of drug-likeness (QED) is 0.725. The van der Waals surface area contributed by atoms with Gasteiger partial charge in [-0.15, -0.1) is 0 Å². The van der Waals surface area contributed by atoms with E-state index in [1.165, 1.54) is 6.92 Å². The molecule has 0 radical (unpaired) electrons. The van der Waals surface area contributed by atoms with Crippen LogP contribution in [0.25, 0.3) is 0 Å². The van der Waals surface area contributed by atoms with Crippen molar-refractivity contribution in [3.05, 3.63) is 54.1 Å². The Labute approximate surface area is 160 Å². The smallest absolute Gasteiger partial charge is 0.416 e. The fourth-order valence-corrected chi connectivity index (χ4v) is 3.49. The fraction of sp³-hybridized carbons (Fsp3) is 0.278. The van der Waals surface area contributed by atoms with E-state index in [4.69, 9.17) is 4.74 Å². The molecule has 28 heavy (non-hydrogen) atoms. The van der Waals surface area contributed by atoms with E-state index in [-0.39, 0.29) is 0 Å². The van der Waals surface area contributed by atoms with Crippen LogP contribution in [0.5, 0.6) is 5.75 Å². The predicted octanol–water partition coefficient (Wildman–Crippen LogP) is 3.41. The van der Waals surface area contributed by atoms with Gasteiger partial charge in [0.15, 0.2) is 0 Å². The molecule has 0 aliphatic carbocycles. The molecule has 2 aromatic carbocycles. The Hall–Kier alpha value is -2.59. The summed E-state index contributed by atoms with van der Waals surface area (Å²) in [4.78, 5) is 11.6. The van der Waals surface area contributed by atoms with Gasteiger partial charge in [0.05, 0.1) is 23.1 Å². The Morgan fingerprint density at radius 2 is 1.79 bits per heavy atom. The number of carbonyl (C=O) groups is 1. The third-order valence-electron chi connectivity index (χ3n) is 3.63. The largest absolute Gasteiger partial charge is 0.494 e. The number of anilines is 1. The summed E-state index contributed by atoms with van der Waals surface area (Å²) in [6.45, 7) is 3.60. The molecule has 0 spiro atoms. The second-order valence-corrected chi connectivity index (χ2v) is 7.53. The first-order valence-corrected chi connectivity index (χ1v) is 9.74. The van der Waals surface area contributed by atoms with Gasteiger partial charge in [0, 0.05) is 5.69 Å². The summed E-state index contributed by atoms with van der Waals surface area (Å²) in [7, 11) is -4.32. The van der Waals surface area contributed by atoms with Gasteiger partial charge in [-0.25, -0.2) is 8.42 Å². The Bertz CT molecular complexity index is 929. The van der Waals surface area contributed by atoms with Crippen molar-refractivity contribution in [3.63, 3.8) is 0 Å². The predicted molar refractivity (Wildman–Crippen MR) is 97.5 cm³/mol. The minimum atomic E-state index is -4.68. The van der Waals surface area contributed by atoms with Gasteiger partial charge in [-0.3, -0.25) is 4.79 Å². The van der Waals surface area contributed by atoms with Gasteiger partial charge < -0.3 is 10.1 Å². The zero-order valence-corrected chi connectivity index (χ0v) is 15.9. The number of sulfonamides is 1. The minimum Gasteiger partial charge on any atom is -0.494 e. The van der Waals surface area contributed by atoms with Crippen LogP contribution in [0.1, 0.15) is 19.4 Å². The normalized spacial score (nSPS) is 13.0. The Morgan fingerprint density at radius 3 is 2.36 bits per heavy atom. The highest BCUT2D eigenvalue weighted by atomic mass is 32.2. The van der Waals surface area contributed by atoms with Gasteiger partial charge in [0.25, 0.3) is 0 Å². The Kier molecular flexibility index (Phi) is 6.68. The molecule has 2 N–H and O–H groups in total. The van der Waals surface area contributed by atoms with Gasteiger partial charge >= 0.3 is 6.18 Å². The van der Waals surface area contributed by atoms with Crippen LogP contribution in [-0.2, 0) is 21.0 Å². The van der Waals surface area contributed by atoms with E-state index in [9.17, 15) is 26.4 Å². The summed E-state index contributed by atoms with van der Waals surface area (Å²) in [5.74, 6) is -0.0569. The number of ether oxygens (including phenoxy) is 1. The lowest BCUT2D eigenvalue weighted by molar-refractivity contribution is -0.137. The highest BCUT2D eigenvalue weighted by Gasteiger charge is 2.32. The molecule has 0 heterocycles. The van der Waals surface area contributed by atoms with Crippen molar-refractivity contribution in [2.24, 2.45) is 0 Å². The molecule has 0 aromatic heterocycles. The molecule has 2 rings (SSSR count). The van der Waals surface area contributed by atoms with E-state index < -0.39 is 38.6 Å². The topological polar surface area (TPSA) is 84.5 Å². The van der Waals surface area contributed by atoms with Crippen molar-refractivity contribution < 1.29 is 31.1 Å². The lowest BCUT2D eigenvalue weighted by atomic mass is 10.2. The SMILES string of the molecule is CCOc1ccc(NC(=O)C(C)NS(=O)(=O)c2cccc(C(F)(F)F)c2)cc1. The highest BCUT2D eigenvalue weighted by molar-refractivity contribution is 7.89. The third-order valence-corrected chi connectivity index (χ3v) is 5.17. The number of halogens is 3. The van der Waals surface area contributed by atoms with Crippen molar-refractivity contribution in [1.82, 2.24) is 4.72 Å². The summed E-state index contributed by atoms with van der Waals surface area (Å²) >= 11 is 0. The van der Waals surface area contributed by atoms with Crippen LogP contribution in [0, 0.1) is 0 Å². The zero-order chi connectivity index (χ0) is 20.9. The molecule has 0 aliphatic heterocycles. The number of nitrogens with one attached hydrogen (secondary N) is 2. The maximum absolute atomic E-state index is 12.8. The van der Waals surface area contributed by atoms with Gasteiger partial charge in [-0.05, 0) is 56.3 Å². The number of rotatable bonds is 7. The number of benzene rings is 2. The lowest BCUT2D eigenvalue weighted by Gasteiger charge is -2.15. The van der Waals surface area contributed by atoms with Gasteiger partial charge in [0.2, 0.25) is 15.9 Å². The summed E-state index contributed by atoms with van der Waals surface area (Å²) < 4.78 is 70.3. The Balaban J connectivity index is 2.08. The first-order chi connectivity index (χ1) is 13.0. The molecular formula is C18H19F3N2O4S. The first kappa shape index (κ1) is 21.7. The fourth-order valence-electron chi connectivity index (χ4n) is 2.25. The minimum absolute atomic E-state index is 0.415. The summed E-state index contributed by atoms with van der Waals surface area (Å²) in [6.07, 6.45) is -4.68. The van der Waals surface area contributed by atoms with Gasteiger partial charge in [0.1, 0.15) is 5.75 Å². The molecule has 2 aromatic rings. The molecular weight excluding hydrogens is 397 g/mol. The summed E-state index contributed by atoms with van der Waals surface area (Å²) in [5, 5.41) is 2.52. The first-order valence-electron chi connectivity index (χ1n) is 8.26. The lowest BCUT2D eigenvalue weighted by Crippen LogP contribution is -2.41. The van der Waals surface area contributed by atoms with Crippen LogP contribution in [0.2, 0.25) is 0 Å². The van der Waals surface area contributed by atoms with Crippen molar-refractivity contribution in [2.75, 3.05) is 11.9 Å². The van der Waals surface area contributed by atoms with Crippen LogP contribution >= 0.6 is 0 Å². The van der Waals surface area contributed by atoms with Gasteiger partial charge in [-0.1, -0.05) is 6.07 Å². The van der Waals surface area contributed by atoms with Crippen molar-refractivity contribution in [1.29, 1.82) is 0 Å². The second-order valence-electron chi connectivity index (χ2n) is 5.82. The molecule has 0 saturated heterocycles. The molecule has 1 atom stereocenters. The van der Waals surface area contributed by atoms with E-state index in [0.29, 0.717) is 24.1 Å². The van der Waals surface area contributed by atoms with Crippen molar-refractivity contribution >= 4 is 21.6 Å².